The van der Waals surface area contributed by atoms with Crippen LogP contribution in [0.25, 0.3) is 0 Å². The van der Waals surface area contributed by atoms with Crippen LogP contribution in [0, 0.1) is 0 Å². The molecule has 0 atom stereocenters. The van der Waals surface area contributed by atoms with E-state index >= 15 is 0 Å². The fraction of sp³-hybridized carbons (Fsp3) is 0.615. The Bertz CT molecular complexity index is 401. The van der Waals surface area contributed by atoms with E-state index in [4.69, 9.17) is 23.2 Å². The van der Waals surface area contributed by atoms with Gasteiger partial charge in [-0.2, -0.15) is 0 Å². The molecular weight excluding hydrogens is 269 g/mol. The molecule has 0 aromatic carbocycles. The Hall–Kier alpha value is -0.510. The predicted octanol–water partition coefficient (Wildman–Crippen LogP) is 3.00. The Balaban J connectivity index is 2.05. The molecule has 0 bridgehead atoms. The minimum atomic E-state index is 0.360. The highest BCUT2D eigenvalue weighted by Gasteiger charge is 2.20. The molecule has 1 aromatic heterocycles. The Labute approximate surface area is 119 Å². The highest BCUT2D eigenvalue weighted by atomic mass is 35.5. The van der Waals surface area contributed by atoms with E-state index in [1.54, 1.807) is 0 Å². The van der Waals surface area contributed by atoms with Gasteiger partial charge in [-0.15, -0.1) is 11.6 Å². The zero-order valence-electron chi connectivity index (χ0n) is 10.9. The van der Waals surface area contributed by atoms with Gasteiger partial charge >= 0.3 is 0 Å². The standard InChI is InChI=1S/C13H19Cl2N3/c1-10(2)17-5-7-18(8-6-17)13-4-3-11(15)12(9-14)16-13/h3-4,10H,5-9H2,1-2H3. The molecule has 0 saturated carbocycles. The molecule has 0 spiro atoms. The van der Waals surface area contributed by atoms with Crippen molar-refractivity contribution in [1.29, 1.82) is 0 Å². The number of anilines is 1. The molecule has 2 heterocycles. The molecule has 1 fully saturated rings. The van der Waals surface area contributed by atoms with E-state index in [0.717, 1.165) is 37.7 Å². The first kappa shape index (κ1) is 13.9. The Morgan fingerprint density at radius 2 is 1.89 bits per heavy atom. The summed E-state index contributed by atoms with van der Waals surface area (Å²) in [6.45, 7) is 8.66. The van der Waals surface area contributed by atoms with Gasteiger partial charge in [0.05, 0.1) is 16.6 Å². The summed E-state index contributed by atoms with van der Waals surface area (Å²) in [6.07, 6.45) is 0. The smallest absolute Gasteiger partial charge is 0.129 e. The van der Waals surface area contributed by atoms with Crippen molar-refractivity contribution in [3.05, 3.63) is 22.8 Å². The summed E-state index contributed by atoms with van der Waals surface area (Å²) in [4.78, 5) is 9.31. The van der Waals surface area contributed by atoms with E-state index in [0.29, 0.717) is 16.9 Å². The summed E-state index contributed by atoms with van der Waals surface area (Å²) in [5, 5.41) is 0.648. The van der Waals surface area contributed by atoms with Crippen LogP contribution >= 0.6 is 23.2 Å². The maximum atomic E-state index is 6.03. The van der Waals surface area contributed by atoms with E-state index in [9.17, 15) is 0 Å². The third kappa shape index (κ3) is 3.08. The van der Waals surface area contributed by atoms with Gasteiger partial charge in [0.25, 0.3) is 0 Å². The average Bonchev–Trinajstić information content (AvgIpc) is 2.39. The summed E-state index contributed by atoms with van der Waals surface area (Å²) in [6, 6.07) is 4.48. The van der Waals surface area contributed by atoms with Crippen molar-refractivity contribution >= 4 is 29.0 Å². The number of rotatable bonds is 3. The number of aromatic nitrogens is 1. The first-order chi connectivity index (χ1) is 8.61. The molecule has 0 amide bonds. The third-order valence-corrected chi connectivity index (χ3v) is 4.00. The molecule has 2 rings (SSSR count). The van der Waals surface area contributed by atoms with Gasteiger partial charge in [-0.3, -0.25) is 4.90 Å². The molecule has 1 aliphatic heterocycles. The fourth-order valence-electron chi connectivity index (χ4n) is 2.21. The highest BCUT2D eigenvalue weighted by molar-refractivity contribution is 6.32. The second-order valence-electron chi connectivity index (χ2n) is 4.85. The summed E-state index contributed by atoms with van der Waals surface area (Å²) >= 11 is 11.9. The zero-order chi connectivity index (χ0) is 13.1. The monoisotopic (exact) mass is 287 g/mol. The lowest BCUT2D eigenvalue weighted by atomic mass is 10.2. The molecule has 100 valence electrons. The van der Waals surface area contributed by atoms with Crippen molar-refractivity contribution in [1.82, 2.24) is 9.88 Å². The van der Waals surface area contributed by atoms with Gasteiger partial charge in [0.15, 0.2) is 0 Å². The second kappa shape index (κ2) is 6.09. The Kier molecular flexibility index (Phi) is 4.71. The molecule has 3 nitrogen and oxygen atoms in total. The van der Waals surface area contributed by atoms with E-state index in [1.807, 2.05) is 12.1 Å². The second-order valence-corrected chi connectivity index (χ2v) is 5.52. The van der Waals surface area contributed by atoms with Gasteiger partial charge in [0, 0.05) is 32.2 Å². The molecule has 1 aliphatic rings. The van der Waals surface area contributed by atoms with Crippen molar-refractivity contribution < 1.29 is 0 Å². The van der Waals surface area contributed by atoms with Gasteiger partial charge in [-0.1, -0.05) is 11.6 Å². The predicted molar refractivity (Wildman–Crippen MR) is 77.7 cm³/mol. The van der Waals surface area contributed by atoms with Crippen molar-refractivity contribution in [3.63, 3.8) is 0 Å². The summed E-state index contributed by atoms with van der Waals surface area (Å²) in [5.74, 6) is 1.34. The lowest BCUT2D eigenvalue weighted by Crippen LogP contribution is -2.49. The number of nitrogens with zero attached hydrogens (tertiary/aromatic N) is 3. The Morgan fingerprint density at radius 3 is 2.44 bits per heavy atom. The number of alkyl halides is 1. The van der Waals surface area contributed by atoms with Gasteiger partial charge in [-0.25, -0.2) is 4.98 Å². The lowest BCUT2D eigenvalue weighted by Gasteiger charge is -2.37. The van der Waals surface area contributed by atoms with Crippen molar-refractivity contribution in [3.8, 4) is 0 Å². The van der Waals surface area contributed by atoms with Crippen LogP contribution in [-0.4, -0.2) is 42.1 Å². The molecule has 1 saturated heterocycles. The molecule has 5 heteroatoms. The van der Waals surface area contributed by atoms with Gasteiger partial charge < -0.3 is 4.90 Å². The first-order valence-corrected chi connectivity index (χ1v) is 7.23. The minimum absolute atomic E-state index is 0.360. The first-order valence-electron chi connectivity index (χ1n) is 6.32. The number of pyridine rings is 1. The quantitative estimate of drug-likeness (QED) is 0.797. The summed E-state index contributed by atoms with van der Waals surface area (Å²) in [5.41, 5.74) is 0.766. The maximum Gasteiger partial charge on any atom is 0.129 e. The SMILES string of the molecule is CC(C)N1CCN(c2ccc(Cl)c(CCl)n2)CC1. The topological polar surface area (TPSA) is 19.4 Å². The van der Waals surface area contributed by atoms with E-state index < -0.39 is 0 Å². The third-order valence-electron chi connectivity index (χ3n) is 3.40. The van der Waals surface area contributed by atoms with Crippen molar-refractivity contribution in [2.75, 3.05) is 31.1 Å². The van der Waals surface area contributed by atoms with Crippen LogP contribution in [0.3, 0.4) is 0 Å². The number of piperazine rings is 1. The van der Waals surface area contributed by atoms with E-state index in [2.05, 4.69) is 28.6 Å². The fourth-order valence-corrected chi connectivity index (χ4v) is 2.65. The number of halogens is 2. The maximum absolute atomic E-state index is 6.03. The van der Waals surface area contributed by atoms with E-state index in [1.165, 1.54) is 0 Å². The molecule has 18 heavy (non-hydrogen) atoms. The zero-order valence-corrected chi connectivity index (χ0v) is 12.4. The molecule has 0 N–H and O–H groups in total. The van der Waals surface area contributed by atoms with Crippen LogP contribution < -0.4 is 4.90 Å². The molecule has 1 aromatic rings. The molecular formula is C13H19Cl2N3. The highest BCUT2D eigenvalue weighted by Crippen LogP contribution is 2.21. The van der Waals surface area contributed by atoms with Gasteiger partial charge in [0.2, 0.25) is 0 Å². The lowest BCUT2D eigenvalue weighted by molar-refractivity contribution is 0.209. The normalized spacial score (nSPS) is 17.5. The van der Waals surface area contributed by atoms with Crippen LogP contribution in [0.5, 0.6) is 0 Å². The Morgan fingerprint density at radius 1 is 1.22 bits per heavy atom. The molecule has 0 unspecified atom stereocenters. The minimum Gasteiger partial charge on any atom is -0.354 e. The van der Waals surface area contributed by atoms with Crippen LogP contribution in [-0.2, 0) is 5.88 Å². The summed E-state index contributed by atoms with van der Waals surface area (Å²) in [7, 11) is 0. The van der Waals surface area contributed by atoms with E-state index in [-0.39, 0.29) is 0 Å². The van der Waals surface area contributed by atoms with Crippen molar-refractivity contribution in [2.24, 2.45) is 0 Å². The van der Waals surface area contributed by atoms with Crippen LogP contribution in [0.1, 0.15) is 19.5 Å². The summed E-state index contributed by atoms with van der Waals surface area (Å²) < 4.78 is 0. The number of hydrogen-bond acceptors (Lipinski definition) is 3. The molecule has 0 radical (unpaired) electrons. The van der Waals surface area contributed by atoms with Crippen LogP contribution in [0.2, 0.25) is 5.02 Å². The average molecular weight is 288 g/mol. The van der Waals surface area contributed by atoms with Crippen LogP contribution in [0.15, 0.2) is 12.1 Å². The van der Waals surface area contributed by atoms with Crippen molar-refractivity contribution in [2.45, 2.75) is 25.8 Å². The molecule has 0 aliphatic carbocycles. The van der Waals surface area contributed by atoms with Gasteiger partial charge in [0.1, 0.15) is 5.82 Å². The van der Waals surface area contributed by atoms with Crippen LogP contribution in [0.4, 0.5) is 5.82 Å². The largest absolute Gasteiger partial charge is 0.354 e. The number of hydrogen-bond donors (Lipinski definition) is 0. The van der Waals surface area contributed by atoms with Gasteiger partial charge in [-0.05, 0) is 26.0 Å².